The highest BCUT2D eigenvalue weighted by Gasteiger charge is 2.25. The molecule has 1 fully saturated rings. The van der Waals surface area contributed by atoms with Gasteiger partial charge in [-0.3, -0.25) is 0 Å². The molecule has 0 radical (unpaired) electrons. The zero-order valence-electron chi connectivity index (χ0n) is 15.1. The molecule has 0 atom stereocenters. The average Bonchev–Trinajstić information content (AvgIpc) is 3.29. The molecule has 9 nitrogen and oxygen atoms in total. The molecule has 0 aliphatic carbocycles. The van der Waals surface area contributed by atoms with Gasteiger partial charge < -0.3 is 9.47 Å². The van der Waals surface area contributed by atoms with Crippen molar-refractivity contribution in [2.24, 2.45) is 7.05 Å². The fourth-order valence-electron chi connectivity index (χ4n) is 3.06. The minimum atomic E-state index is -0.135. The average molecular weight is 341 g/mol. The van der Waals surface area contributed by atoms with Crippen molar-refractivity contribution in [3.8, 4) is 0 Å². The minimum Gasteiger partial charge on any atom is -0.355 e. The van der Waals surface area contributed by atoms with E-state index < -0.39 is 0 Å². The molecule has 0 spiro atoms. The number of rotatable bonds is 3. The van der Waals surface area contributed by atoms with Gasteiger partial charge in [-0.25, -0.2) is 19.6 Å². The normalized spacial score (nSPS) is 15.4. The summed E-state index contributed by atoms with van der Waals surface area (Å²) in [6.45, 7) is 8.98. The zero-order valence-corrected chi connectivity index (χ0v) is 15.1. The van der Waals surface area contributed by atoms with E-state index in [-0.39, 0.29) is 5.41 Å². The smallest absolute Gasteiger partial charge is 0.170 e. The van der Waals surface area contributed by atoms with Gasteiger partial charge in [-0.05, 0) is 23.3 Å². The molecule has 4 heterocycles. The van der Waals surface area contributed by atoms with Crippen molar-refractivity contribution in [3.63, 3.8) is 0 Å². The van der Waals surface area contributed by atoms with Crippen LogP contribution in [0.3, 0.4) is 0 Å². The summed E-state index contributed by atoms with van der Waals surface area (Å²) in [6, 6.07) is 0. The third-order valence-corrected chi connectivity index (χ3v) is 4.54. The Morgan fingerprint density at radius 1 is 1.12 bits per heavy atom. The number of imidazole rings is 1. The predicted octanol–water partition coefficient (Wildman–Crippen LogP) is 1.30. The molecule has 1 aliphatic heterocycles. The molecule has 132 valence electrons. The molecule has 0 amide bonds. The highest BCUT2D eigenvalue weighted by molar-refractivity contribution is 5.84. The molecule has 0 saturated carbocycles. The first-order chi connectivity index (χ1) is 11.9. The lowest BCUT2D eigenvalue weighted by molar-refractivity contribution is 0.545. The Labute approximate surface area is 146 Å². The number of fused-ring (bicyclic) bond motifs is 1. The first kappa shape index (κ1) is 15.9. The van der Waals surface area contributed by atoms with Gasteiger partial charge in [0.05, 0.1) is 12.9 Å². The molecule has 3 aromatic rings. The molecule has 1 aliphatic rings. The van der Waals surface area contributed by atoms with Crippen LogP contribution in [0.15, 0.2) is 6.33 Å². The number of nitrogens with zero attached hydrogens (tertiary/aromatic N) is 9. The number of hydrogen-bond acceptors (Lipinski definition) is 7. The van der Waals surface area contributed by atoms with E-state index in [0.717, 1.165) is 41.7 Å². The molecular weight excluding hydrogens is 318 g/mol. The van der Waals surface area contributed by atoms with Crippen molar-refractivity contribution in [3.05, 3.63) is 18.0 Å². The van der Waals surface area contributed by atoms with Crippen molar-refractivity contribution >= 4 is 17.0 Å². The number of tetrazole rings is 1. The van der Waals surface area contributed by atoms with Gasteiger partial charge in [0.2, 0.25) is 0 Å². The molecule has 0 aromatic carbocycles. The maximum atomic E-state index is 4.88. The third kappa shape index (κ3) is 2.83. The van der Waals surface area contributed by atoms with Gasteiger partial charge in [0.25, 0.3) is 0 Å². The minimum absolute atomic E-state index is 0.135. The summed E-state index contributed by atoms with van der Waals surface area (Å²) in [5, 5.41) is 11.7. The Bertz CT molecular complexity index is 896. The van der Waals surface area contributed by atoms with Crippen LogP contribution in [0.1, 0.15) is 45.3 Å². The summed E-state index contributed by atoms with van der Waals surface area (Å²) in [5.41, 5.74) is 1.55. The third-order valence-electron chi connectivity index (χ3n) is 4.54. The molecule has 1 saturated heterocycles. The molecule has 0 bridgehead atoms. The molecule has 25 heavy (non-hydrogen) atoms. The summed E-state index contributed by atoms with van der Waals surface area (Å²) in [6.07, 6.45) is 4.20. The van der Waals surface area contributed by atoms with Gasteiger partial charge in [-0.15, -0.1) is 5.10 Å². The van der Waals surface area contributed by atoms with Crippen molar-refractivity contribution in [2.75, 3.05) is 18.0 Å². The summed E-state index contributed by atoms with van der Waals surface area (Å²) >= 11 is 0. The Hall–Kier alpha value is -2.58. The topological polar surface area (TPSA) is 90.4 Å². The van der Waals surface area contributed by atoms with Crippen LogP contribution in [-0.4, -0.2) is 52.8 Å². The van der Waals surface area contributed by atoms with Crippen LogP contribution in [-0.2, 0) is 19.0 Å². The first-order valence-electron chi connectivity index (χ1n) is 8.63. The Kier molecular flexibility index (Phi) is 3.66. The first-order valence-corrected chi connectivity index (χ1v) is 8.63. The van der Waals surface area contributed by atoms with E-state index in [1.807, 2.05) is 11.6 Å². The zero-order chi connectivity index (χ0) is 17.6. The van der Waals surface area contributed by atoms with Crippen molar-refractivity contribution in [2.45, 2.75) is 45.6 Å². The second-order valence-electron chi connectivity index (χ2n) is 7.58. The van der Waals surface area contributed by atoms with Gasteiger partial charge in [0.1, 0.15) is 5.82 Å². The van der Waals surface area contributed by atoms with Crippen LogP contribution in [0.2, 0.25) is 0 Å². The summed E-state index contributed by atoms with van der Waals surface area (Å²) in [5.74, 6) is 2.54. The van der Waals surface area contributed by atoms with E-state index in [9.17, 15) is 0 Å². The fourth-order valence-corrected chi connectivity index (χ4v) is 3.06. The van der Waals surface area contributed by atoms with Crippen LogP contribution in [0.5, 0.6) is 0 Å². The van der Waals surface area contributed by atoms with Crippen LogP contribution in [0.25, 0.3) is 11.2 Å². The van der Waals surface area contributed by atoms with Gasteiger partial charge in [-0.1, -0.05) is 20.8 Å². The van der Waals surface area contributed by atoms with E-state index in [1.54, 1.807) is 11.0 Å². The van der Waals surface area contributed by atoms with Crippen molar-refractivity contribution in [1.82, 2.24) is 39.7 Å². The Morgan fingerprint density at radius 3 is 2.52 bits per heavy atom. The summed E-state index contributed by atoms with van der Waals surface area (Å²) in [7, 11) is 1.83. The summed E-state index contributed by atoms with van der Waals surface area (Å²) < 4.78 is 3.66. The quantitative estimate of drug-likeness (QED) is 0.709. The number of aryl methyl sites for hydroxylation is 1. The van der Waals surface area contributed by atoms with Crippen molar-refractivity contribution in [1.29, 1.82) is 0 Å². The van der Waals surface area contributed by atoms with E-state index >= 15 is 0 Å². The molecule has 0 unspecified atom stereocenters. The second-order valence-corrected chi connectivity index (χ2v) is 7.58. The van der Waals surface area contributed by atoms with Crippen LogP contribution < -0.4 is 4.90 Å². The highest BCUT2D eigenvalue weighted by Crippen LogP contribution is 2.29. The number of hydrogen-bond donors (Lipinski definition) is 0. The molecule has 3 aromatic heterocycles. The van der Waals surface area contributed by atoms with Crippen LogP contribution in [0, 0.1) is 0 Å². The van der Waals surface area contributed by atoms with E-state index in [1.165, 1.54) is 12.8 Å². The van der Waals surface area contributed by atoms with Gasteiger partial charge in [-0.2, -0.15) is 0 Å². The van der Waals surface area contributed by atoms with Gasteiger partial charge >= 0.3 is 0 Å². The maximum Gasteiger partial charge on any atom is 0.170 e. The largest absolute Gasteiger partial charge is 0.355 e. The van der Waals surface area contributed by atoms with Crippen LogP contribution >= 0.6 is 0 Å². The standard InChI is InChI=1S/C16H23N9/c1-16(2,3)15-18-13(24-7-5-6-8-24)12-14(19-15)25(10-17-12)9-11-20-21-22-23(11)4/h10H,5-9H2,1-4H3. The SMILES string of the molecule is Cn1nnnc1Cn1cnc2c(N3CCCC3)nc(C(C)(C)C)nc21. The fraction of sp³-hybridized carbons (Fsp3) is 0.625. The Balaban J connectivity index is 1.85. The number of anilines is 1. The number of aromatic nitrogens is 8. The van der Waals surface area contributed by atoms with Crippen LogP contribution in [0.4, 0.5) is 5.82 Å². The van der Waals surface area contributed by atoms with E-state index in [2.05, 4.69) is 46.2 Å². The highest BCUT2D eigenvalue weighted by atomic mass is 15.5. The van der Waals surface area contributed by atoms with Gasteiger partial charge in [0.15, 0.2) is 22.8 Å². The Morgan fingerprint density at radius 2 is 1.88 bits per heavy atom. The molecule has 4 rings (SSSR count). The molecule has 0 N–H and O–H groups in total. The summed E-state index contributed by atoms with van der Waals surface area (Å²) in [4.78, 5) is 16.6. The maximum absolute atomic E-state index is 4.88. The van der Waals surface area contributed by atoms with Crippen molar-refractivity contribution < 1.29 is 0 Å². The lowest BCUT2D eigenvalue weighted by atomic mass is 9.96. The van der Waals surface area contributed by atoms with E-state index in [4.69, 9.17) is 9.97 Å². The monoisotopic (exact) mass is 341 g/mol. The second kappa shape index (κ2) is 5.75. The van der Waals surface area contributed by atoms with Gasteiger partial charge in [0, 0.05) is 25.6 Å². The lowest BCUT2D eigenvalue weighted by Gasteiger charge is -2.22. The predicted molar refractivity (Wildman–Crippen MR) is 93.4 cm³/mol. The van der Waals surface area contributed by atoms with E-state index in [0.29, 0.717) is 6.54 Å². The lowest BCUT2D eigenvalue weighted by Crippen LogP contribution is -2.24. The molecular formula is C16H23N9. The molecule has 9 heteroatoms.